The lowest BCUT2D eigenvalue weighted by atomic mass is 10.1. The summed E-state index contributed by atoms with van der Waals surface area (Å²) in [4.78, 5) is 11.9. The van der Waals surface area contributed by atoms with E-state index in [1.807, 2.05) is 6.07 Å². The molecule has 1 N–H and O–H groups in total. The topological polar surface area (TPSA) is 37.3 Å². The number of carbonyl (C=O) groups is 1. The molecule has 0 radical (unpaired) electrons. The van der Waals surface area contributed by atoms with Crippen molar-refractivity contribution in [1.82, 2.24) is 0 Å². The van der Waals surface area contributed by atoms with Crippen LogP contribution in [0.4, 0.5) is 4.39 Å². The molecule has 0 saturated heterocycles. The molecule has 2 aromatic rings. The molecule has 20 heavy (non-hydrogen) atoms. The first-order valence-corrected chi connectivity index (χ1v) is 7.24. The molecule has 104 valence electrons. The number of carboxylic acids is 1. The number of aryl methyl sites for hydroxylation is 1. The molecule has 0 heterocycles. The lowest BCUT2D eigenvalue weighted by Gasteiger charge is -2.07. The molecular formula is C15H12ClFO2S. The maximum Gasteiger partial charge on any atom is 0.335 e. The molecule has 0 unspecified atom stereocenters. The molecule has 0 bridgehead atoms. The van der Waals surface area contributed by atoms with Gasteiger partial charge in [-0.05, 0) is 48.4 Å². The van der Waals surface area contributed by atoms with Crippen molar-refractivity contribution in [3.8, 4) is 0 Å². The zero-order chi connectivity index (χ0) is 14.7. The summed E-state index contributed by atoms with van der Waals surface area (Å²) in [6, 6.07) is 9.45. The van der Waals surface area contributed by atoms with E-state index in [0.29, 0.717) is 21.9 Å². The maximum absolute atomic E-state index is 13.2. The van der Waals surface area contributed by atoms with Crippen molar-refractivity contribution in [2.24, 2.45) is 0 Å². The fourth-order valence-corrected chi connectivity index (χ4v) is 2.93. The van der Waals surface area contributed by atoms with Gasteiger partial charge in [0, 0.05) is 15.7 Å². The maximum atomic E-state index is 13.2. The Kier molecular flexibility index (Phi) is 4.68. The summed E-state index contributed by atoms with van der Waals surface area (Å²) in [5, 5.41) is 9.58. The van der Waals surface area contributed by atoms with Crippen molar-refractivity contribution in [2.75, 3.05) is 0 Å². The minimum atomic E-state index is -0.950. The van der Waals surface area contributed by atoms with Gasteiger partial charge in [0.25, 0.3) is 0 Å². The molecule has 2 nitrogen and oxygen atoms in total. The second-order valence-electron chi connectivity index (χ2n) is 4.31. The second kappa shape index (κ2) is 6.29. The monoisotopic (exact) mass is 310 g/mol. The van der Waals surface area contributed by atoms with Crippen LogP contribution in [0.1, 0.15) is 21.5 Å². The quantitative estimate of drug-likeness (QED) is 0.826. The number of rotatable bonds is 4. The minimum Gasteiger partial charge on any atom is -0.478 e. The van der Waals surface area contributed by atoms with Gasteiger partial charge in [0.15, 0.2) is 0 Å². The molecule has 0 atom stereocenters. The number of benzene rings is 2. The van der Waals surface area contributed by atoms with Crippen molar-refractivity contribution in [3.63, 3.8) is 0 Å². The van der Waals surface area contributed by atoms with Crippen molar-refractivity contribution < 1.29 is 14.3 Å². The fraction of sp³-hybridized carbons (Fsp3) is 0.133. The summed E-state index contributed by atoms with van der Waals surface area (Å²) in [5.41, 5.74) is 1.68. The molecule has 0 saturated carbocycles. The molecular weight excluding hydrogens is 299 g/mol. The van der Waals surface area contributed by atoms with E-state index in [0.717, 1.165) is 4.90 Å². The van der Waals surface area contributed by atoms with Gasteiger partial charge in [0.1, 0.15) is 5.82 Å². The van der Waals surface area contributed by atoms with E-state index in [2.05, 4.69) is 0 Å². The summed E-state index contributed by atoms with van der Waals surface area (Å²) < 4.78 is 13.2. The standard InChI is InChI=1S/C15H12ClFO2S/c1-9-2-4-12(7-13(9)15(18)19)20-8-10-6-11(17)3-5-14(10)16/h2-7H,8H2,1H3,(H,18,19). The van der Waals surface area contributed by atoms with Crippen LogP contribution in [0.3, 0.4) is 0 Å². The molecule has 0 amide bonds. The number of halogens is 2. The van der Waals surface area contributed by atoms with Crippen LogP contribution in [0, 0.1) is 12.7 Å². The average Bonchev–Trinajstić information content (AvgIpc) is 2.41. The second-order valence-corrected chi connectivity index (χ2v) is 5.76. The zero-order valence-electron chi connectivity index (χ0n) is 10.7. The third-order valence-corrected chi connectivity index (χ3v) is 4.25. The molecule has 2 rings (SSSR count). The van der Waals surface area contributed by atoms with Gasteiger partial charge in [-0.2, -0.15) is 0 Å². The third kappa shape index (κ3) is 3.52. The van der Waals surface area contributed by atoms with Gasteiger partial charge in [-0.3, -0.25) is 0 Å². The number of aromatic carboxylic acids is 1. The van der Waals surface area contributed by atoms with Crippen molar-refractivity contribution in [3.05, 3.63) is 63.9 Å². The third-order valence-electron chi connectivity index (χ3n) is 2.84. The van der Waals surface area contributed by atoms with E-state index in [1.54, 1.807) is 19.1 Å². The van der Waals surface area contributed by atoms with Crippen LogP contribution in [0.5, 0.6) is 0 Å². The molecule has 0 aliphatic rings. The van der Waals surface area contributed by atoms with Crippen LogP contribution in [-0.2, 0) is 5.75 Å². The summed E-state index contributed by atoms with van der Waals surface area (Å²) in [5.74, 6) is -0.799. The zero-order valence-corrected chi connectivity index (χ0v) is 12.3. The Hall–Kier alpha value is -1.52. The van der Waals surface area contributed by atoms with Crippen LogP contribution in [0.25, 0.3) is 0 Å². The molecule has 0 fully saturated rings. The Morgan fingerprint density at radius 2 is 2.05 bits per heavy atom. The van der Waals surface area contributed by atoms with E-state index >= 15 is 0 Å². The average molecular weight is 311 g/mol. The number of carboxylic acid groups (broad SMARTS) is 1. The Bertz CT molecular complexity index is 658. The Morgan fingerprint density at radius 3 is 2.75 bits per heavy atom. The smallest absolute Gasteiger partial charge is 0.335 e. The first kappa shape index (κ1) is 14.9. The van der Waals surface area contributed by atoms with Gasteiger partial charge in [-0.15, -0.1) is 11.8 Å². The first-order valence-electron chi connectivity index (χ1n) is 5.88. The predicted octanol–water partition coefficient (Wildman–Crippen LogP) is 4.78. The van der Waals surface area contributed by atoms with E-state index in [1.165, 1.54) is 30.0 Å². The Morgan fingerprint density at radius 1 is 1.30 bits per heavy atom. The highest BCUT2D eigenvalue weighted by molar-refractivity contribution is 7.98. The Balaban J connectivity index is 2.17. The van der Waals surface area contributed by atoms with Crippen LogP contribution < -0.4 is 0 Å². The largest absolute Gasteiger partial charge is 0.478 e. The van der Waals surface area contributed by atoms with E-state index in [4.69, 9.17) is 16.7 Å². The van der Waals surface area contributed by atoms with Gasteiger partial charge in [-0.1, -0.05) is 17.7 Å². The Labute approximate surface area is 125 Å². The number of thioether (sulfide) groups is 1. The SMILES string of the molecule is Cc1ccc(SCc2cc(F)ccc2Cl)cc1C(=O)O. The lowest BCUT2D eigenvalue weighted by Crippen LogP contribution is -1.99. The van der Waals surface area contributed by atoms with Gasteiger partial charge < -0.3 is 5.11 Å². The molecule has 5 heteroatoms. The highest BCUT2D eigenvalue weighted by Crippen LogP contribution is 2.28. The number of hydrogen-bond acceptors (Lipinski definition) is 2. The van der Waals surface area contributed by atoms with Gasteiger partial charge in [0.05, 0.1) is 5.56 Å². The molecule has 0 aliphatic carbocycles. The summed E-state index contributed by atoms with van der Waals surface area (Å²) >= 11 is 7.42. The van der Waals surface area contributed by atoms with Crippen LogP contribution in [0.15, 0.2) is 41.3 Å². The summed E-state index contributed by atoms with van der Waals surface area (Å²) in [7, 11) is 0. The summed E-state index contributed by atoms with van der Waals surface area (Å²) in [6.45, 7) is 1.75. The van der Waals surface area contributed by atoms with Crippen molar-refractivity contribution >= 4 is 29.3 Å². The van der Waals surface area contributed by atoms with E-state index in [9.17, 15) is 9.18 Å². The molecule has 2 aromatic carbocycles. The molecule has 0 aliphatic heterocycles. The van der Waals surface area contributed by atoms with Crippen LogP contribution in [0.2, 0.25) is 5.02 Å². The highest BCUT2D eigenvalue weighted by Gasteiger charge is 2.09. The first-order chi connectivity index (χ1) is 9.47. The molecule has 0 spiro atoms. The van der Waals surface area contributed by atoms with E-state index < -0.39 is 5.97 Å². The highest BCUT2D eigenvalue weighted by atomic mass is 35.5. The van der Waals surface area contributed by atoms with Gasteiger partial charge in [-0.25, -0.2) is 9.18 Å². The van der Waals surface area contributed by atoms with E-state index in [-0.39, 0.29) is 11.4 Å². The van der Waals surface area contributed by atoms with Crippen LogP contribution in [-0.4, -0.2) is 11.1 Å². The summed E-state index contributed by atoms with van der Waals surface area (Å²) in [6.07, 6.45) is 0. The lowest BCUT2D eigenvalue weighted by molar-refractivity contribution is 0.0696. The van der Waals surface area contributed by atoms with Crippen LogP contribution >= 0.6 is 23.4 Å². The fourth-order valence-electron chi connectivity index (χ4n) is 1.74. The van der Waals surface area contributed by atoms with Gasteiger partial charge >= 0.3 is 5.97 Å². The van der Waals surface area contributed by atoms with Crippen molar-refractivity contribution in [2.45, 2.75) is 17.6 Å². The van der Waals surface area contributed by atoms with Crippen molar-refractivity contribution in [1.29, 1.82) is 0 Å². The normalized spacial score (nSPS) is 10.6. The minimum absolute atomic E-state index is 0.278. The van der Waals surface area contributed by atoms with Gasteiger partial charge in [0.2, 0.25) is 0 Å². The number of hydrogen-bond donors (Lipinski definition) is 1. The predicted molar refractivity (Wildman–Crippen MR) is 79.1 cm³/mol. The molecule has 0 aromatic heterocycles.